The highest BCUT2D eigenvalue weighted by Crippen LogP contribution is 2.20. The minimum absolute atomic E-state index is 0.112. The Labute approximate surface area is 176 Å². The van der Waals surface area contributed by atoms with Gasteiger partial charge in [0.15, 0.2) is 10.5 Å². The van der Waals surface area contributed by atoms with Crippen molar-refractivity contribution in [3.63, 3.8) is 0 Å². The first kappa shape index (κ1) is 21.4. The minimum Gasteiger partial charge on any atom is -0.465 e. The number of nitrogens with zero attached hydrogens (tertiary/aromatic N) is 4. The summed E-state index contributed by atoms with van der Waals surface area (Å²) in [6.45, 7) is 5.76. The fourth-order valence-corrected chi connectivity index (χ4v) is 3.84. The minimum atomic E-state index is -0.522. The number of rotatable bonds is 6. The van der Waals surface area contributed by atoms with Crippen molar-refractivity contribution in [3.8, 4) is 0 Å². The van der Waals surface area contributed by atoms with Gasteiger partial charge in [0.2, 0.25) is 0 Å². The van der Waals surface area contributed by atoms with Gasteiger partial charge in [0.25, 0.3) is 5.91 Å². The van der Waals surface area contributed by atoms with Crippen molar-refractivity contribution in [2.75, 3.05) is 13.7 Å². The summed E-state index contributed by atoms with van der Waals surface area (Å²) in [7, 11) is 1.30. The van der Waals surface area contributed by atoms with Gasteiger partial charge in [-0.05, 0) is 45.0 Å². The Morgan fingerprint density at radius 3 is 2.63 bits per heavy atom. The summed E-state index contributed by atoms with van der Waals surface area (Å²) in [5.74, 6) is -1.45. The van der Waals surface area contributed by atoms with E-state index in [1.54, 1.807) is 46.6 Å². The summed E-state index contributed by atoms with van der Waals surface area (Å²) < 4.78 is 13.8. The number of methoxy groups -OCH3 is 1. The van der Waals surface area contributed by atoms with Crippen LogP contribution < -0.4 is 4.80 Å². The third-order valence-corrected chi connectivity index (χ3v) is 5.29. The second-order valence-corrected chi connectivity index (χ2v) is 7.65. The molecular formula is C20H22N4O5S. The molecule has 0 atom stereocenters. The Hall–Kier alpha value is -3.27. The largest absolute Gasteiger partial charge is 0.465 e. The average Bonchev–Trinajstić information content (AvgIpc) is 3.33. The molecule has 0 spiro atoms. The van der Waals surface area contributed by atoms with E-state index in [-0.39, 0.29) is 24.9 Å². The molecule has 9 nitrogen and oxygen atoms in total. The van der Waals surface area contributed by atoms with E-state index in [2.05, 4.69) is 10.1 Å². The quantitative estimate of drug-likeness (QED) is 0.557. The molecule has 0 aliphatic heterocycles. The highest BCUT2D eigenvalue weighted by Gasteiger charge is 2.16. The fourth-order valence-electron chi connectivity index (χ4n) is 2.78. The third-order valence-electron chi connectivity index (χ3n) is 4.25. The van der Waals surface area contributed by atoms with Crippen molar-refractivity contribution >= 4 is 39.4 Å². The normalized spacial score (nSPS) is 11.8. The van der Waals surface area contributed by atoms with Crippen LogP contribution in [-0.2, 0) is 20.8 Å². The number of ether oxygens (including phenoxy) is 2. The zero-order valence-corrected chi connectivity index (χ0v) is 17.9. The summed E-state index contributed by atoms with van der Waals surface area (Å²) in [6, 6.07) is 6.64. The lowest BCUT2D eigenvalue weighted by atomic mass is 10.2. The molecular weight excluding hydrogens is 408 g/mol. The van der Waals surface area contributed by atoms with Gasteiger partial charge in [0.1, 0.15) is 6.54 Å². The van der Waals surface area contributed by atoms with Gasteiger partial charge in [-0.2, -0.15) is 10.1 Å². The first-order valence-electron chi connectivity index (χ1n) is 9.35. The van der Waals surface area contributed by atoms with Gasteiger partial charge < -0.3 is 14.0 Å². The SMILES string of the molecule is CCOC(=O)Cn1c(=NC(=O)c2ccn(C(C)C)n2)sc2cc(C(=O)OC)ccc21. The van der Waals surface area contributed by atoms with E-state index in [1.165, 1.54) is 18.4 Å². The Morgan fingerprint density at radius 2 is 2.00 bits per heavy atom. The van der Waals surface area contributed by atoms with Crippen LogP contribution in [0.25, 0.3) is 10.2 Å². The maximum absolute atomic E-state index is 12.7. The lowest BCUT2D eigenvalue weighted by Crippen LogP contribution is -2.23. The zero-order valence-electron chi connectivity index (χ0n) is 17.1. The van der Waals surface area contributed by atoms with Crippen LogP contribution >= 0.6 is 11.3 Å². The average molecular weight is 430 g/mol. The van der Waals surface area contributed by atoms with Crippen molar-refractivity contribution in [3.05, 3.63) is 46.5 Å². The molecule has 0 saturated carbocycles. The number of aromatic nitrogens is 3. The van der Waals surface area contributed by atoms with E-state index >= 15 is 0 Å². The summed E-state index contributed by atoms with van der Waals surface area (Å²) in [4.78, 5) is 41.1. The Balaban J connectivity index is 2.09. The van der Waals surface area contributed by atoms with E-state index in [0.29, 0.717) is 20.6 Å². The number of hydrogen-bond donors (Lipinski definition) is 0. The second-order valence-electron chi connectivity index (χ2n) is 6.64. The maximum atomic E-state index is 12.7. The Morgan fingerprint density at radius 1 is 1.23 bits per heavy atom. The van der Waals surface area contributed by atoms with Crippen LogP contribution in [0.4, 0.5) is 0 Å². The van der Waals surface area contributed by atoms with Crippen molar-refractivity contribution in [1.82, 2.24) is 14.3 Å². The first-order valence-corrected chi connectivity index (χ1v) is 10.2. The molecule has 3 aromatic rings. The molecule has 0 fully saturated rings. The number of carbonyl (C=O) groups excluding carboxylic acids is 3. The molecule has 0 saturated heterocycles. The van der Waals surface area contributed by atoms with Crippen LogP contribution in [0.15, 0.2) is 35.5 Å². The molecule has 158 valence electrons. The molecule has 1 amide bonds. The van der Waals surface area contributed by atoms with Crippen LogP contribution in [0, 0.1) is 0 Å². The van der Waals surface area contributed by atoms with Gasteiger partial charge >= 0.3 is 11.9 Å². The standard InChI is InChI=1S/C20H22N4O5S/c1-5-29-17(25)11-23-15-7-6-13(19(27)28-4)10-16(15)30-20(23)21-18(26)14-8-9-24(22-14)12(2)3/h6-10,12H,5,11H2,1-4H3. The Bertz CT molecular complexity index is 1170. The van der Waals surface area contributed by atoms with Gasteiger partial charge in [0.05, 0.1) is 29.5 Å². The van der Waals surface area contributed by atoms with Crippen LogP contribution in [0.3, 0.4) is 0 Å². The smallest absolute Gasteiger partial charge is 0.337 e. The lowest BCUT2D eigenvalue weighted by Gasteiger charge is -2.05. The molecule has 0 N–H and O–H groups in total. The monoisotopic (exact) mass is 430 g/mol. The molecule has 0 bridgehead atoms. The van der Waals surface area contributed by atoms with E-state index in [4.69, 9.17) is 9.47 Å². The van der Waals surface area contributed by atoms with Crippen LogP contribution in [0.2, 0.25) is 0 Å². The van der Waals surface area contributed by atoms with Crippen LogP contribution in [0.1, 0.15) is 47.7 Å². The van der Waals surface area contributed by atoms with Gasteiger partial charge in [-0.3, -0.25) is 14.3 Å². The predicted molar refractivity (Wildman–Crippen MR) is 110 cm³/mol. The summed E-state index contributed by atoms with van der Waals surface area (Å²) in [5.41, 5.74) is 1.22. The van der Waals surface area contributed by atoms with E-state index < -0.39 is 17.8 Å². The second kappa shape index (κ2) is 9.04. The summed E-state index contributed by atoms with van der Waals surface area (Å²) >= 11 is 1.19. The van der Waals surface area contributed by atoms with Gasteiger partial charge in [-0.1, -0.05) is 11.3 Å². The van der Waals surface area contributed by atoms with Crippen molar-refractivity contribution in [1.29, 1.82) is 0 Å². The van der Waals surface area contributed by atoms with E-state index in [1.807, 2.05) is 13.8 Å². The zero-order chi connectivity index (χ0) is 21.8. The van der Waals surface area contributed by atoms with E-state index in [9.17, 15) is 14.4 Å². The van der Waals surface area contributed by atoms with Crippen molar-refractivity contribution < 1.29 is 23.9 Å². The number of benzene rings is 1. The van der Waals surface area contributed by atoms with Crippen molar-refractivity contribution in [2.24, 2.45) is 4.99 Å². The lowest BCUT2D eigenvalue weighted by molar-refractivity contribution is -0.143. The third kappa shape index (κ3) is 4.48. The molecule has 0 unspecified atom stereocenters. The van der Waals surface area contributed by atoms with Crippen LogP contribution in [0.5, 0.6) is 0 Å². The number of amides is 1. The number of carbonyl (C=O) groups is 3. The highest BCUT2D eigenvalue weighted by molar-refractivity contribution is 7.16. The number of fused-ring (bicyclic) bond motifs is 1. The molecule has 0 aliphatic carbocycles. The number of esters is 2. The topological polar surface area (TPSA) is 105 Å². The molecule has 0 aliphatic rings. The molecule has 10 heteroatoms. The van der Waals surface area contributed by atoms with E-state index in [0.717, 1.165) is 0 Å². The van der Waals surface area contributed by atoms with Gasteiger partial charge in [-0.25, -0.2) is 4.79 Å². The predicted octanol–water partition coefficient (Wildman–Crippen LogP) is 2.57. The molecule has 0 radical (unpaired) electrons. The van der Waals surface area contributed by atoms with Crippen molar-refractivity contribution in [2.45, 2.75) is 33.4 Å². The number of thiazole rings is 1. The molecule has 3 rings (SSSR count). The summed E-state index contributed by atoms with van der Waals surface area (Å²) in [6.07, 6.45) is 1.72. The van der Waals surface area contributed by atoms with Gasteiger partial charge in [-0.15, -0.1) is 0 Å². The molecule has 2 aromatic heterocycles. The fraction of sp³-hybridized carbons (Fsp3) is 0.350. The highest BCUT2D eigenvalue weighted by atomic mass is 32.1. The number of hydrogen-bond acceptors (Lipinski definition) is 7. The summed E-state index contributed by atoms with van der Waals surface area (Å²) in [5, 5.41) is 4.24. The molecule has 1 aromatic carbocycles. The van der Waals surface area contributed by atoms with Gasteiger partial charge in [0, 0.05) is 12.2 Å². The molecule has 30 heavy (non-hydrogen) atoms. The molecule has 2 heterocycles. The first-order chi connectivity index (χ1) is 14.3. The van der Waals surface area contributed by atoms with Crippen LogP contribution in [-0.4, -0.2) is 45.9 Å². The Kier molecular flexibility index (Phi) is 6.46. The maximum Gasteiger partial charge on any atom is 0.337 e.